The van der Waals surface area contributed by atoms with Crippen molar-refractivity contribution in [2.24, 2.45) is 0 Å². The van der Waals surface area contributed by atoms with Crippen molar-refractivity contribution in [1.29, 1.82) is 0 Å². The summed E-state index contributed by atoms with van der Waals surface area (Å²) in [6.45, 7) is 3.76. The average molecular weight is 441 g/mol. The molecular weight excluding hydrogens is 412 g/mol. The van der Waals surface area contributed by atoms with Crippen LogP contribution in [0.3, 0.4) is 0 Å². The molecule has 0 saturated carbocycles. The topological polar surface area (TPSA) is 80.9 Å². The van der Waals surface area contributed by atoms with Gasteiger partial charge in [0.15, 0.2) is 0 Å². The van der Waals surface area contributed by atoms with Gasteiger partial charge in [-0.05, 0) is 95.5 Å². The van der Waals surface area contributed by atoms with Crippen molar-refractivity contribution in [2.45, 2.75) is 33.1 Å². The van der Waals surface area contributed by atoms with Crippen LogP contribution in [-0.2, 0) is 19.3 Å². The molecule has 0 aliphatic carbocycles. The molecule has 0 fully saturated rings. The fourth-order valence-electron chi connectivity index (χ4n) is 4.24. The van der Waals surface area contributed by atoms with E-state index < -0.39 is 0 Å². The van der Waals surface area contributed by atoms with Crippen LogP contribution in [-0.4, -0.2) is 20.4 Å². The van der Waals surface area contributed by atoms with Crippen LogP contribution in [0.25, 0.3) is 0 Å². The highest BCUT2D eigenvalue weighted by atomic mass is 16.3. The van der Waals surface area contributed by atoms with Gasteiger partial charge in [0.25, 0.3) is 0 Å². The van der Waals surface area contributed by atoms with Crippen LogP contribution < -0.4 is 0 Å². The molecule has 0 aromatic heterocycles. The smallest absolute Gasteiger partial charge is 0.122 e. The highest BCUT2D eigenvalue weighted by Gasteiger charge is 2.14. The van der Waals surface area contributed by atoms with Crippen molar-refractivity contribution in [3.05, 3.63) is 117 Å². The second-order valence-electron chi connectivity index (χ2n) is 8.70. The largest absolute Gasteiger partial charge is 0.508 e. The van der Waals surface area contributed by atoms with Crippen molar-refractivity contribution < 1.29 is 20.4 Å². The van der Waals surface area contributed by atoms with Gasteiger partial charge in [0, 0.05) is 6.42 Å². The van der Waals surface area contributed by atoms with E-state index in [9.17, 15) is 20.4 Å². The van der Waals surface area contributed by atoms with Gasteiger partial charge in [-0.2, -0.15) is 0 Å². The third-order valence-corrected chi connectivity index (χ3v) is 5.95. The Hall–Kier alpha value is -3.92. The molecule has 0 heterocycles. The molecule has 0 amide bonds. The molecule has 0 aliphatic rings. The van der Waals surface area contributed by atoms with Crippen LogP contribution in [0.1, 0.15) is 44.5 Å². The van der Waals surface area contributed by atoms with Gasteiger partial charge in [0.1, 0.15) is 23.0 Å². The first-order valence-electron chi connectivity index (χ1n) is 11.0. The first-order valence-corrected chi connectivity index (χ1v) is 11.0. The third kappa shape index (κ3) is 5.29. The van der Waals surface area contributed by atoms with Crippen LogP contribution >= 0.6 is 0 Å². The highest BCUT2D eigenvalue weighted by Crippen LogP contribution is 2.32. The zero-order valence-electron chi connectivity index (χ0n) is 18.8. The lowest BCUT2D eigenvalue weighted by molar-refractivity contribution is 0.458. The maximum Gasteiger partial charge on any atom is 0.122 e. The minimum absolute atomic E-state index is 0.236. The number of hydrogen-bond acceptors (Lipinski definition) is 4. The van der Waals surface area contributed by atoms with Crippen LogP contribution in [0, 0.1) is 13.8 Å². The van der Waals surface area contributed by atoms with E-state index in [0.717, 1.165) is 44.5 Å². The van der Waals surface area contributed by atoms with E-state index in [1.807, 2.05) is 62.4 Å². The molecule has 0 bridgehead atoms. The molecule has 4 aromatic carbocycles. The van der Waals surface area contributed by atoms with Crippen molar-refractivity contribution in [3.8, 4) is 23.0 Å². The van der Waals surface area contributed by atoms with Crippen molar-refractivity contribution in [3.63, 3.8) is 0 Å². The maximum absolute atomic E-state index is 10.7. The summed E-state index contributed by atoms with van der Waals surface area (Å²) in [5.41, 5.74) is 7.36. The molecule has 33 heavy (non-hydrogen) atoms. The molecule has 4 nitrogen and oxygen atoms in total. The lowest BCUT2D eigenvalue weighted by atomic mass is 9.92. The van der Waals surface area contributed by atoms with Crippen LogP contribution in [0.15, 0.2) is 72.8 Å². The van der Waals surface area contributed by atoms with Gasteiger partial charge in [0.2, 0.25) is 0 Å². The van der Waals surface area contributed by atoms with Crippen LogP contribution in [0.2, 0.25) is 0 Å². The Morgan fingerprint density at radius 3 is 1.18 bits per heavy atom. The SMILES string of the molecule is Cc1cc(Cc2ccc(O)cc2)cc(Cc2cc(Cc3ccc(O)cc3)cc(C)c2O)c1O. The predicted octanol–water partition coefficient (Wildman–Crippen LogP) is 5.90. The van der Waals surface area contributed by atoms with Gasteiger partial charge in [-0.25, -0.2) is 0 Å². The Balaban J connectivity index is 1.63. The molecule has 4 N–H and O–H groups in total. The lowest BCUT2D eigenvalue weighted by Gasteiger charge is -2.15. The van der Waals surface area contributed by atoms with Crippen molar-refractivity contribution in [2.75, 3.05) is 0 Å². The van der Waals surface area contributed by atoms with E-state index >= 15 is 0 Å². The third-order valence-electron chi connectivity index (χ3n) is 5.95. The number of aromatic hydroxyl groups is 4. The minimum atomic E-state index is 0.236. The fraction of sp³-hybridized carbons (Fsp3) is 0.172. The van der Waals surface area contributed by atoms with E-state index in [2.05, 4.69) is 0 Å². The van der Waals surface area contributed by atoms with Crippen LogP contribution in [0.4, 0.5) is 0 Å². The van der Waals surface area contributed by atoms with E-state index in [0.29, 0.717) is 19.3 Å². The van der Waals surface area contributed by atoms with Gasteiger partial charge >= 0.3 is 0 Å². The zero-order chi connectivity index (χ0) is 23.5. The van der Waals surface area contributed by atoms with Gasteiger partial charge in [-0.15, -0.1) is 0 Å². The average Bonchev–Trinajstić information content (AvgIpc) is 2.78. The highest BCUT2D eigenvalue weighted by molar-refractivity contribution is 5.51. The van der Waals surface area contributed by atoms with Gasteiger partial charge in [-0.1, -0.05) is 48.5 Å². The first-order chi connectivity index (χ1) is 15.8. The normalized spacial score (nSPS) is 11.0. The van der Waals surface area contributed by atoms with E-state index in [1.165, 1.54) is 0 Å². The van der Waals surface area contributed by atoms with Crippen LogP contribution in [0.5, 0.6) is 23.0 Å². The van der Waals surface area contributed by atoms with Gasteiger partial charge in [0.05, 0.1) is 0 Å². The Morgan fingerprint density at radius 1 is 0.455 bits per heavy atom. The lowest BCUT2D eigenvalue weighted by Crippen LogP contribution is -1.99. The van der Waals surface area contributed by atoms with E-state index in [4.69, 9.17) is 0 Å². The zero-order valence-corrected chi connectivity index (χ0v) is 18.8. The van der Waals surface area contributed by atoms with Crippen molar-refractivity contribution >= 4 is 0 Å². The summed E-state index contributed by atoms with van der Waals surface area (Å²) in [5.74, 6) is 0.953. The van der Waals surface area contributed by atoms with E-state index in [1.54, 1.807) is 24.3 Å². The molecular formula is C29H28O4. The minimum Gasteiger partial charge on any atom is -0.508 e. The second kappa shape index (κ2) is 9.29. The predicted molar refractivity (Wildman–Crippen MR) is 130 cm³/mol. The Bertz CT molecular complexity index is 1170. The quantitative estimate of drug-likeness (QED) is 0.301. The summed E-state index contributed by atoms with van der Waals surface area (Å²) in [4.78, 5) is 0. The van der Waals surface area contributed by atoms with Crippen molar-refractivity contribution in [1.82, 2.24) is 0 Å². The molecule has 4 aromatic rings. The molecule has 0 aliphatic heterocycles. The van der Waals surface area contributed by atoms with Gasteiger partial charge in [-0.3, -0.25) is 0 Å². The number of phenols is 4. The standard InChI is InChI=1S/C29H28O4/c1-18-11-22(13-20-3-7-26(30)8-4-20)15-24(28(18)32)17-25-16-23(12-19(2)29(25)33)14-21-5-9-27(31)10-6-21/h3-12,15-16,30-33H,13-14,17H2,1-2H3. The number of rotatable bonds is 6. The Labute approximate surface area is 194 Å². The first kappa shape index (κ1) is 22.3. The Kier molecular flexibility index (Phi) is 6.27. The summed E-state index contributed by atoms with van der Waals surface area (Å²) in [6.07, 6.45) is 1.77. The molecule has 4 heteroatoms. The summed E-state index contributed by atoms with van der Waals surface area (Å²) in [7, 11) is 0. The number of phenolic OH excluding ortho intramolecular Hbond substituents is 4. The summed E-state index contributed by atoms with van der Waals surface area (Å²) in [5, 5.41) is 40.5. The number of aryl methyl sites for hydroxylation is 2. The molecule has 0 radical (unpaired) electrons. The summed E-state index contributed by atoms with van der Waals surface area (Å²) >= 11 is 0. The monoisotopic (exact) mass is 440 g/mol. The maximum atomic E-state index is 10.7. The molecule has 0 unspecified atom stereocenters. The molecule has 0 spiro atoms. The second-order valence-corrected chi connectivity index (χ2v) is 8.70. The number of hydrogen-bond donors (Lipinski definition) is 4. The van der Waals surface area contributed by atoms with Gasteiger partial charge < -0.3 is 20.4 Å². The Morgan fingerprint density at radius 2 is 0.818 bits per heavy atom. The fourth-order valence-corrected chi connectivity index (χ4v) is 4.24. The summed E-state index contributed by atoms with van der Waals surface area (Å²) < 4.78 is 0. The number of benzene rings is 4. The van der Waals surface area contributed by atoms with E-state index in [-0.39, 0.29) is 23.0 Å². The molecule has 0 saturated heterocycles. The molecule has 0 atom stereocenters. The molecule has 4 rings (SSSR count). The molecule has 168 valence electrons. The summed E-state index contributed by atoms with van der Waals surface area (Å²) in [6, 6.07) is 22.1.